The van der Waals surface area contributed by atoms with Gasteiger partial charge in [-0.25, -0.2) is 4.79 Å². The number of hydrogen-bond acceptors (Lipinski definition) is 5. The number of benzene rings is 1. The molecule has 1 aromatic carbocycles. The largest absolute Gasteiger partial charge is 0.478 e. The number of unbranched alkanes of at least 4 members (excludes halogenated alkanes) is 2. The molecule has 0 aliphatic rings. The van der Waals surface area contributed by atoms with E-state index in [0.29, 0.717) is 12.8 Å². The normalized spacial score (nSPS) is 13.7. The number of ketones is 1. The summed E-state index contributed by atoms with van der Waals surface area (Å²) in [6.45, 7) is 8.15. The number of aromatic carboxylic acids is 1. The molecule has 0 saturated heterocycles. The third-order valence-electron chi connectivity index (χ3n) is 6.84. The first-order valence-electron chi connectivity index (χ1n) is 16.2. The molecule has 0 fully saturated rings. The smallest absolute Gasteiger partial charge is 0.339 e. The Bertz CT molecular complexity index is 1110. The van der Waals surface area contributed by atoms with Gasteiger partial charge in [0.1, 0.15) is 17.1 Å². The van der Waals surface area contributed by atoms with Crippen molar-refractivity contribution in [3.63, 3.8) is 0 Å². The van der Waals surface area contributed by atoms with E-state index in [9.17, 15) is 19.5 Å². The topological polar surface area (TPSA) is 80.7 Å². The molecule has 1 N–H and O–H groups in total. The van der Waals surface area contributed by atoms with Gasteiger partial charge in [-0.15, -0.1) is 0 Å². The number of rotatable bonds is 24. The highest BCUT2D eigenvalue weighted by Gasteiger charge is 2.29. The predicted molar refractivity (Wildman–Crippen MR) is 186 cm³/mol. The molecule has 0 radical (unpaired) electrons. The fourth-order valence-electron chi connectivity index (χ4n) is 4.53. The highest BCUT2D eigenvalue weighted by molar-refractivity contribution is 8.00. The standard InChI is InChI=1S/C38H54O5S/c1-5-7-8-9-10-11-12-13-14-15-16-17-18-19-20-21-22-25-28-44-36(6-2)34(39)30-32(29-31(3)4)38(42)43-35-27-24-23-26-33(35)37(40)41/h7-8,10-11,13-14,16-17,19-20,23-24,26-27,31-32,36H,5-6,9,12,15,18,21-22,25,28-30H2,1-4H3,(H,40,41)/b8-7-,11-10-,14-13-,17-16-,20-19-. The molecule has 1 rings (SSSR count). The van der Waals surface area contributed by atoms with Crippen LogP contribution in [0.25, 0.3) is 0 Å². The minimum Gasteiger partial charge on any atom is -0.478 e. The summed E-state index contributed by atoms with van der Waals surface area (Å²) in [6.07, 6.45) is 31.5. The van der Waals surface area contributed by atoms with Gasteiger partial charge in [0, 0.05) is 6.42 Å². The maximum absolute atomic E-state index is 13.2. The highest BCUT2D eigenvalue weighted by Crippen LogP contribution is 2.26. The number of esters is 1. The lowest BCUT2D eigenvalue weighted by atomic mass is 9.91. The molecule has 0 saturated carbocycles. The van der Waals surface area contributed by atoms with E-state index in [1.165, 1.54) is 12.1 Å². The maximum Gasteiger partial charge on any atom is 0.339 e. The third kappa shape index (κ3) is 18.5. The number of thioether (sulfide) groups is 1. The van der Waals surface area contributed by atoms with Crippen LogP contribution in [0.2, 0.25) is 0 Å². The van der Waals surface area contributed by atoms with Crippen molar-refractivity contribution in [1.29, 1.82) is 0 Å². The molecule has 44 heavy (non-hydrogen) atoms. The molecule has 2 unspecified atom stereocenters. The van der Waals surface area contributed by atoms with Crippen LogP contribution in [-0.4, -0.2) is 33.8 Å². The molecular weight excluding hydrogens is 568 g/mol. The molecule has 1 aromatic rings. The highest BCUT2D eigenvalue weighted by atomic mass is 32.2. The Labute approximate surface area is 270 Å². The summed E-state index contributed by atoms with van der Waals surface area (Å²) in [4.78, 5) is 37.7. The summed E-state index contributed by atoms with van der Waals surface area (Å²) in [7, 11) is 0. The summed E-state index contributed by atoms with van der Waals surface area (Å²) in [5.41, 5.74) is -0.0675. The van der Waals surface area contributed by atoms with Crippen LogP contribution in [0.5, 0.6) is 5.75 Å². The van der Waals surface area contributed by atoms with Gasteiger partial charge in [0.25, 0.3) is 0 Å². The van der Waals surface area contributed by atoms with Crippen molar-refractivity contribution >= 4 is 29.5 Å². The van der Waals surface area contributed by atoms with Gasteiger partial charge in [0.15, 0.2) is 0 Å². The zero-order valence-corrected chi connectivity index (χ0v) is 28.1. The number of ether oxygens (including phenoxy) is 1. The first kappa shape index (κ1) is 38.9. The number of carbonyl (C=O) groups excluding carboxylic acids is 2. The van der Waals surface area contributed by atoms with Crippen LogP contribution >= 0.6 is 11.8 Å². The molecule has 0 heterocycles. The number of hydrogen-bond donors (Lipinski definition) is 1. The van der Waals surface area contributed by atoms with Crippen molar-refractivity contribution in [3.05, 3.63) is 90.6 Å². The average molecular weight is 623 g/mol. The van der Waals surface area contributed by atoms with Crippen LogP contribution in [-0.2, 0) is 9.59 Å². The van der Waals surface area contributed by atoms with Gasteiger partial charge in [-0.2, -0.15) is 11.8 Å². The summed E-state index contributed by atoms with van der Waals surface area (Å²) in [6, 6.07) is 6.09. The van der Waals surface area contributed by atoms with Crippen molar-refractivity contribution in [2.75, 3.05) is 5.75 Å². The van der Waals surface area contributed by atoms with Crippen LogP contribution in [0.3, 0.4) is 0 Å². The Morgan fingerprint density at radius 2 is 1.39 bits per heavy atom. The van der Waals surface area contributed by atoms with Gasteiger partial charge < -0.3 is 9.84 Å². The summed E-state index contributed by atoms with van der Waals surface area (Å²) in [5.74, 6) is -1.13. The monoisotopic (exact) mass is 622 g/mol. The number of Topliss-reactive ketones (excluding diaryl/α,β-unsaturated/α-hetero) is 1. The maximum atomic E-state index is 13.2. The fourth-order valence-corrected chi connectivity index (χ4v) is 5.70. The van der Waals surface area contributed by atoms with Crippen molar-refractivity contribution in [3.8, 4) is 5.75 Å². The van der Waals surface area contributed by atoms with E-state index < -0.39 is 17.9 Å². The van der Waals surface area contributed by atoms with Crippen LogP contribution in [0.1, 0.15) is 109 Å². The third-order valence-corrected chi connectivity index (χ3v) is 8.36. The van der Waals surface area contributed by atoms with Gasteiger partial charge in [0.2, 0.25) is 0 Å². The Hall–Kier alpha value is -3.12. The van der Waals surface area contributed by atoms with Crippen LogP contribution in [0, 0.1) is 11.8 Å². The van der Waals surface area contributed by atoms with Crippen molar-refractivity contribution < 1.29 is 24.2 Å². The number of allylic oxidation sites excluding steroid dienone is 10. The first-order chi connectivity index (χ1) is 21.3. The van der Waals surface area contributed by atoms with Crippen molar-refractivity contribution in [1.82, 2.24) is 0 Å². The Morgan fingerprint density at radius 3 is 1.93 bits per heavy atom. The summed E-state index contributed by atoms with van der Waals surface area (Å²) in [5, 5.41) is 9.25. The van der Waals surface area contributed by atoms with E-state index >= 15 is 0 Å². The molecule has 5 nitrogen and oxygen atoms in total. The van der Waals surface area contributed by atoms with E-state index in [0.717, 1.165) is 57.1 Å². The molecule has 0 aliphatic carbocycles. The quantitative estimate of drug-likeness (QED) is 0.0535. The second-order valence-corrected chi connectivity index (χ2v) is 12.5. The Morgan fingerprint density at radius 1 is 0.818 bits per heavy atom. The lowest BCUT2D eigenvalue weighted by Gasteiger charge is -2.20. The van der Waals surface area contributed by atoms with E-state index in [-0.39, 0.29) is 34.7 Å². The van der Waals surface area contributed by atoms with Crippen LogP contribution in [0.4, 0.5) is 0 Å². The van der Waals surface area contributed by atoms with Crippen LogP contribution in [0.15, 0.2) is 85.0 Å². The van der Waals surface area contributed by atoms with E-state index in [1.54, 1.807) is 23.9 Å². The number of para-hydroxylation sites is 1. The first-order valence-corrected chi connectivity index (χ1v) is 17.3. The molecule has 2 atom stereocenters. The second-order valence-electron chi connectivity index (χ2n) is 11.2. The Balaban J connectivity index is 2.35. The summed E-state index contributed by atoms with van der Waals surface area (Å²) >= 11 is 1.67. The molecule has 0 aromatic heterocycles. The second kappa shape index (κ2) is 25.2. The van der Waals surface area contributed by atoms with Gasteiger partial charge in [-0.05, 0) is 88.0 Å². The lowest BCUT2D eigenvalue weighted by molar-refractivity contribution is -0.141. The minimum atomic E-state index is -1.16. The molecular formula is C38H54O5S. The lowest BCUT2D eigenvalue weighted by Crippen LogP contribution is -2.29. The molecule has 242 valence electrons. The number of carboxylic acid groups (broad SMARTS) is 1. The molecule has 6 heteroatoms. The van der Waals surface area contributed by atoms with Crippen molar-refractivity contribution in [2.24, 2.45) is 11.8 Å². The van der Waals surface area contributed by atoms with Crippen molar-refractivity contribution in [2.45, 2.75) is 104 Å². The number of carbonyl (C=O) groups is 3. The zero-order valence-electron chi connectivity index (χ0n) is 27.3. The molecule has 0 amide bonds. The van der Waals surface area contributed by atoms with E-state index in [2.05, 4.69) is 67.7 Å². The molecule has 0 aliphatic heterocycles. The zero-order chi connectivity index (χ0) is 32.4. The number of carboxylic acids is 1. The Kier molecular flexibility index (Phi) is 22.3. The van der Waals surface area contributed by atoms with E-state index in [4.69, 9.17) is 4.74 Å². The summed E-state index contributed by atoms with van der Waals surface area (Å²) < 4.78 is 5.49. The minimum absolute atomic E-state index is 0.0140. The molecule has 0 bridgehead atoms. The van der Waals surface area contributed by atoms with Gasteiger partial charge >= 0.3 is 11.9 Å². The van der Waals surface area contributed by atoms with Gasteiger partial charge in [-0.1, -0.05) is 101 Å². The van der Waals surface area contributed by atoms with E-state index in [1.807, 2.05) is 20.8 Å². The van der Waals surface area contributed by atoms with Gasteiger partial charge in [0.05, 0.1) is 11.2 Å². The SMILES string of the molecule is CC/C=C\C/C=C\C/C=C\C/C=C\C/C=C\CCCCSC(CC)C(=O)CC(CC(C)C)C(=O)Oc1ccccc1C(=O)O. The predicted octanol–water partition coefficient (Wildman–Crippen LogP) is 10.3. The van der Waals surface area contributed by atoms with Crippen LogP contribution < -0.4 is 4.74 Å². The average Bonchev–Trinajstić information content (AvgIpc) is 2.99. The molecule has 0 spiro atoms. The van der Waals surface area contributed by atoms with Gasteiger partial charge in [-0.3, -0.25) is 9.59 Å². The fraction of sp³-hybridized carbons (Fsp3) is 0.500.